The van der Waals surface area contributed by atoms with Crippen LogP contribution in [0.2, 0.25) is 0 Å². The van der Waals surface area contributed by atoms with Gasteiger partial charge in [-0.1, -0.05) is 13.8 Å². The molecular formula is C20H40IN5O. The van der Waals surface area contributed by atoms with E-state index in [0.717, 1.165) is 63.2 Å². The van der Waals surface area contributed by atoms with Crippen LogP contribution in [0.4, 0.5) is 0 Å². The number of nitrogens with one attached hydrogen (secondary N) is 2. The fraction of sp³-hybridized carbons (Fsp3) is 0.900. The highest BCUT2D eigenvalue weighted by atomic mass is 127. The summed E-state index contributed by atoms with van der Waals surface area (Å²) in [5, 5.41) is 6.61. The molecule has 1 amide bonds. The van der Waals surface area contributed by atoms with Gasteiger partial charge in [0.15, 0.2) is 5.96 Å². The fourth-order valence-corrected chi connectivity index (χ4v) is 4.20. The van der Waals surface area contributed by atoms with Crippen LogP contribution in [0.25, 0.3) is 0 Å². The predicted octanol–water partition coefficient (Wildman–Crippen LogP) is 2.54. The third-order valence-electron chi connectivity index (χ3n) is 5.31. The largest absolute Gasteiger partial charge is 0.357 e. The molecule has 2 unspecified atom stereocenters. The lowest BCUT2D eigenvalue weighted by Gasteiger charge is -2.34. The van der Waals surface area contributed by atoms with Crippen molar-refractivity contribution in [2.45, 2.75) is 52.9 Å². The van der Waals surface area contributed by atoms with Crippen molar-refractivity contribution in [1.29, 1.82) is 0 Å². The maximum absolute atomic E-state index is 12.1. The zero-order valence-corrected chi connectivity index (χ0v) is 19.8. The van der Waals surface area contributed by atoms with Gasteiger partial charge < -0.3 is 20.4 Å². The number of hydrogen-bond donors (Lipinski definition) is 2. The minimum atomic E-state index is 0. The van der Waals surface area contributed by atoms with Crippen molar-refractivity contribution < 1.29 is 4.79 Å². The summed E-state index contributed by atoms with van der Waals surface area (Å²) in [6.07, 6.45) is 5.96. The van der Waals surface area contributed by atoms with E-state index in [-0.39, 0.29) is 36.4 Å². The van der Waals surface area contributed by atoms with E-state index in [1.165, 1.54) is 32.5 Å². The molecule has 2 rings (SSSR count). The van der Waals surface area contributed by atoms with E-state index in [1.807, 2.05) is 4.90 Å². The van der Waals surface area contributed by atoms with Gasteiger partial charge in [-0.3, -0.25) is 4.79 Å². The summed E-state index contributed by atoms with van der Waals surface area (Å²) in [6, 6.07) is 0. The minimum Gasteiger partial charge on any atom is -0.357 e. The van der Waals surface area contributed by atoms with Crippen LogP contribution in [-0.2, 0) is 4.79 Å². The predicted molar refractivity (Wildman–Crippen MR) is 124 cm³/mol. The van der Waals surface area contributed by atoms with Crippen molar-refractivity contribution in [2.75, 3.05) is 52.4 Å². The number of carbonyl (C=O) groups excluding carboxylic acids is 1. The molecule has 6 nitrogen and oxygen atoms in total. The molecule has 0 aromatic heterocycles. The Morgan fingerprint density at radius 3 is 2.37 bits per heavy atom. The van der Waals surface area contributed by atoms with E-state index in [9.17, 15) is 4.79 Å². The SMILES string of the molecule is CCNC(=NCC(=O)N1CCCC1)NCCCCN1CC(C)CC(C)C1.I. The molecule has 0 saturated carbocycles. The van der Waals surface area contributed by atoms with E-state index < -0.39 is 0 Å². The van der Waals surface area contributed by atoms with Crippen LogP contribution < -0.4 is 10.6 Å². The molecule has 27 heavy (non-hydrogen) atoms. The van der Waals surface area contributed by atoms with E-state index in [1.54, 1.807) is 0 Å². The summed E-state index contributed by atoms with van der Waals surface area (Å²) < 4.78 is 0. The highest BCUT2D eigenvalue weighted by Crippen LogP contribution is 2.20. The molecule has 7 heteroatoms. The molecule has 0 radical (unpaired) electrons. The number of rotatable bonds is 8. The smallest absolute Gasteiger partial charge is 0.244 e. The Kier molecular flexibility index (Phi) is 12.3. The summed E-state index contributed by atoms with van der Waals surface area (Å²) in [6.45, 7) is 14.2. The quantitative estimate of drug-likeness (QED) is 0.236. The first-order valence-corrected chi connectivity index (χ1v) is 10.6. The van der Waals surface area contributed by atoms with E-state index in [0.29, 0.717) is 0 Å². The average Bonchev–Trinajstić information content (AvgIpc) is 3.13. The number of amides is 1. The molecule has 0 aromatic rings. The maximum atomic E-state index is 12.1. The Labute approximate surface area is 182 Å². The van der Waals surface area contributed by atoms with E-state index in [4.69, 9.17) is 0 Å². The molecule has 2 aliphatic heterocycles. The molecule has 0 aliphatic carbocycles. The summed E-state index contributed by atoms with van der Waals surface area (Å²) in [5.74, 6) is 2.57. The van der Waals surface area contributed by atoms with E-state index >= 15 is 0 Å². The Balaban J connectivity index is 0.00000364. The van der Waals surface area contributed by atoms with E-state index in [2.05, 4.69) is 41.3 Å². The van der Waals surface area contributed by atoms with Gasteiger partial charge in [-0.25, -0.2) is 4.99 Å². The Hall–Kier alpha value is -0.570. The topological polar surface area (TPSA) is 60.0 Å². The molecule has 0 spiro atoms. The number of likely N-dealkylation sites (tertiary alicyclic amines) is 2. The van der Waals surface area contributed by atoms with Gasteiger partial charge in [0, 0.05) is 39.3 Å². The van der Waals surface area contributed by atoms with Gasteiger partial charge >= 0.3 is 0 Å². The second-order valence-electron chi connectivity index (χ2n) is 8.12. The average molecular weight is 493 g/mol. The van der Waals surface area contributed by atoms with Gasteiger partial charge in [-0.15, -0.1) is 24.0 Å². The molecule has 158 valence electrons. The standard InChI is InChI=1S/C20H39N5O.HI/c1-4-21-20(23-14-19(26)25-11-7-8-12-25)22-9-5-6-10-24-15-17(2)13-18(3)16-24;/h17-18H,4-16H2,1-3H3,(H2,21,22,23);1H. The molecule has 0 bridgehead atoms. The van der Waals surface area contributed by atoms with Crippen molar-refractivity contribution in [1.82, 2.24) is 20.4 Å². The Morgan fingerprint density at radius 1 is 1.07 bits per heavy atom. The Bertz CT molecular complexity index is 444. The number of halogens is 1. The normalized spacial score (nSPS) is 23.8. The Morgan fingerprint density at radius 2 is 1.74 bits per heavy atom. The van der Waals surface area contributed by atoms with Crippen LogP contribution >= 0.6 is 24.0 Å². The number of carbonyl (C=O) groups is 1. The second kappa shape index (κ2) is 13.6. The first-order valence-electron chi connectivity index (χ1n) is 10.6. The fourth-order valence-electron chi connectivity index (χ4n) is 4.20. The lowest BCUT2D eigenvalue weighted by atomic mass is 9.92. The first kappa shape index (κ1) is 24.5. The summed E-state index contributed by atoms with van der Waals surface area (Å²) in [7, 11) is 0. The number of unbranched alkanes of at least 4 members (excludes halogenated alkanes) is 1. The third-order valence-corrected chi connectivity index (χ3v) is 5.31. The van der Waals surface area contributed by atoms with Gasteiger partial charge in [-0.05, 0) is 57.4 Å². The summed E-state index contributed by atoms with van der Waals surface area (Å²) in [4.78, 5) is 21.1. The van der Waals surface area contributed by atoms with Gasteiger partial charge in [0.2, 0.25) is 5.91 Å². The lowest BCUT2D eigenvalue weighted by Crippen LogP contribution is -2.40. The van der Waals surface area contributed by atoms with Crippen LogP contribution in [0, 0.1) is 11.8 Å². The molecule has 2 heterocycles. The van der Waals surface area contributed by atoms with Crippen molar-refractivity contribution in [3.63, 3.8) is 0 Å². The molecule has 2 N–H and O–H groups in total. The first-order chi connectivity index (χ1) is 12.6. The van der Waals surface area contributed by atoms with Crippen molar-refractivity contribution >= 4 is 35.8 Å². The molecule has 2 aliphatic rings. The maximum Gasteiger partial charge on any atom is 0.244 e. The molecule has 0 aromatic carbocycles. The van der Waals surface area contributed by atoms with Gasteiger partial charge in [0.1, 0.15) is 6.54 Å². The van der Waals surface area contributed by atoms with Gasteiger partial charge in [0.05, 0.1) is 0 Å². The van der Waals surface area contributed by atoms with Crippen LogP contribution in [0.3, 0.4) is 0 Å². The highest BCUT2D eigenvalue weighted by molar-refractivity contribution is 14.0. The number of hydrogen-bond acceptors (Lipinski definition) is 3. The number of nitrogens with zero attached hydrogens (tertiary/aromatic N) is 3. The lowest BCUT2D eigenvalue weighted by molar-refractivity contribution is -0.128. The number of piperidine rings is 1. The highest BCUT2D eigenvalue weighted by Gasteiger charge is 2.21. The van der Waals surface area contributed by atoms with Crippen LogP contribution in [0.1, 0.15) is 52.9 Å². The molecule has 2 fully saturated rings. The molecule has 2 atom stereocenters. The number of guanidine groups is 1. The third kappa shape index (κ3) is 9.45. The van der Waals surface area contributed by atoms with Crippen LogP contribution in [-0.4, -0.2) is 74.0 Å². The second-order valence-corrected chi connectivity index (χ2v) is 8.12. The minimum absolute atomic E-state index is 0. The molecular weight excluding hydrogens is 453 g/mol. The number of aliphatic imine (C=N–C) groups is 1. The van der Waals surface area contributed by atoms with Gasteiger partial charge in [-0.2, -0.15) is 0 Å². The van der Waals surface area contributed by atoms with Gasteiger partial charge in [0.25, 0.3) is 0 Å². The monoisotopic (exact) mass is 493 g/mol. The molecule has 2 saturated heterocycles. The van der Waals surface area contributed by atoms with Crippen LogP contribution in [0.5, 0.6) is 0 Å². The summed E-state index contributed by atoms with van der Waals surface area (Å²) >= 11 is 0. The van der Waals surface area contributed by atoms with Crippen molar-refractivity contribution in [3.05, 3.63) is 0 Å². The van der Waals surface area contributed by atoms with Crippen molar-refractivity contribution in [3.8, 4) is 0 Å². The van der Waals surface area contributed by atoms with Crippen molar-refractivity contribution in [2.24, 2.45) is 16.8 Å². The summed E-state index contributed by atoms with van der Waals surface area (Å²) in [5.41, 5.74) is 0. The van der Waals surface area contributed by atoms with Crippen LogP contribution in [0.15, 0.2) is 4.99 Å². The zero-order chi connectivity index (χ0) is 18.8. The zero-order valence-electron chi connectivity index (χ0n) is 17.5.